The summed E-state index contributed by atoms with van der Waals surface area (Å²) in [7, 11) is 1.91. The first-order chi connectivity index (χ1) is 11.1. The number of rotatable bonds is 4. The van der Waals surface area contributed by atoms with E-state index in [2.05, 4.69) is 9.97 Å². The van der Waals surface area contributed by atoms with Crippen molar-refractivity contribution in [2.75, 3.05) is 20.3 Å². The molecule has 2 aromatic rings. The zero-order chi connectivity index (χ0) is 16.2. The lowest BCUT2D eigenvalue weighted by Gasteiger charge is -2.19. The largest absolute Gasteiger partial charge is 0.490 e. The van der Waals surface area contributed by atoms with Crippen molar-refractivity contribution in [1.82, 2.24) is 14.9 Å². The molecule has 1 aromatic carbocycles. The van der Waals surface area contributed by atoms with E-state index in [4.69, 9.17) is 9.47 Å². The Morgan fingerprint density at radius 3 is 2.78 bits per heavy atom. The Bertz CT molecular complexity index is 768. The minimum atomic E-state index is -0.494. The van der Waals surface area contributed by atoms with Gasteiger partial charge in [-0.2, -0.15) is 0 Å². The number of fused-ring (bicyclic) bond motifs is 1. The van der Waals surface area contributed by atoms with E-state index in [9.17, 15) is 9.59 Å². The van der Waals surface area contributed by atoms with Crippen LogP contribution in [0, 0.1) is 0 Å². The molecule has 7 nitrogen and oxygen atoms in total. The molecule has 0 amide bonds. The molecule has 0 bridgehead atoms. The number of H-pyrrole nitrogens is 2. The molecule has 1 aliphatic rings. The smallest absolute Gasteiger partial charge is 0.325 e. The normalized spacial score (nSPS) is 13.8. The van der Waals surface area contributed by atoms with Crippen LogP contribution in [-0.4, -0.2) is 35.1 Å². The number of aromatic amines is 2. The molecule has 0 atom stereocenters. The quantitative estimate of drug-likeness (QED) is 0.873. The van der Waals surface area contributed by atoms with Gasteiger partial charge in [0, 0.05) is 36.8 Å². The minimum Gasteiger partial charge on any atom is -0.490 e. The highest BCUT2D eigenvalue weighted by Gasteiger charge is 2.15. The fraction of sp³-hybridized carbons (Fsp3) is 0.375. The zero-order valence-corrected chi connectivity index (χ0v) is 12.9. The molecule has 0 aliphatic carbocycles. The summed E-state index contributed by atoms with van der Waals surface area (Å²) < 4.78 is 11.5. The Morgan fingerprint density at radius 2 is 1.96 bits per heavy atom. The maximum atomic E-state index is 11.4. The zero-order valence-electron chi connectivity index (χ0n) is 12.9. The van der Waals surface area contributed by atoms with Crippen LogP contribution in [0.25, 0.3) is 0 Å². The summed E-state index contributed by atoms with van der Waals surface area (Å²) >= 11 is 0. The van der Waals surface area contributed by atoms with E-state index in [1.54, 1.807) is 0 Å². The highest BCUT2D eigenvalue weighted by atomic mass is 16.5. The molecule has 7 heteroatoms. The van der Waals surface area contributed by atoms with Gasteiger partial charge in [0.2, 0.25) is 0 Å². The molecular formula is C16H19N3O4. The Morgan fingerprint density at radius 1 is 1.13 bits per heavy atom. The number of para-hydroxylation sites is 1. The van der Waals surface area contributed by atoms with Crippen molar-refractivity contribution in [3.8, 4) is 11.5 Å². The third-order valence-corrected chi connectivity index (χ3v) is 3.55. The van der Waals surface area contributed by atoms with Crippen molar-refractivity contribution in [3.05, 3.63) is 56.4 Å². The average molecular weight is 317 g/mol. The molecular weight excluding hydrogens is 298 g/mol. The molecule has 122 valence electrons. The molecule has 0 fully saturated rings. The summed E-state index contributed by atoms with van der Waals surface area (Å²) in [5, 5.41) is 0. The van der Waals surface area contributed by atoms with Crippen LogP contribution in [0.2, 0.25) is 0 Å². The lowest BCUT2D eigenvalue weighted by Crippen LogP contribution is -2.26. The highest BCUT2D eigenvalue weighted by molar-refractivity contribution is 5.47. The van der Waals surface area contributed by atoms with Crippen LogP contribution in [-0.2, 0) is 13.1 Å². The lowest BCUT2D eigenvalue weighted by molar-refractivity contribution is 0.285. The third kappa shape index (κ3) is 3.81. The number of nitrogens with one attached hydrogen (secondary N) is 2. The second-order valence-corrected chi connectivity index (χ2v) is 5.58. The number of hydrogen-bond acceptors (Lipinski definition) is 5. The van der Waals surface area contributed by atoms with Crippen LogP contribution in [0.1, 0.15) is 17.7 Å². The predicted octanol–water partition coefficient (Wildman–Crippen LogP) is 0.856. The summed E-state index contributed by atoms with van der Waals surface area (Å²) in [5.41, 5.74) is 0.688. The number of hydrogen-bond donors (Lipinski definition) is 2. The van der Waals surface area contributed by atoms with Gasteiger partial charge in [0.15, 0.2) is 11.5 Å². The molecule has 0 unspecified atom stereocenters. The van der Waals surface area contributed by atoms with Crippen LogP contribution in [0.5, 0.6) is 11.5 Å². The van der Waals surface area contributed by atoms with Gasteiger partial charge in [0.05, 0.1) is 13.2 Å². The van der Waals surface area contributed by atoms with Crippen LogP contribution < -0.4 is 20.7 Å². The van der Waals surface area contributed by atoms with Gasteiger partial charge in [-0.15, -0.1) is 0 Å². The lowest BCUT2D eigenvalue weighted by atomic mass is 10.1. The second kappa shape index (κ2) is 6.70. The van der Waals surface area contributed by atoms with E-state index in [-0.39, 0.29) is 0 Å². The van der Waals surface area contributed by atoms with Crippen molar-refractivity contribution in [2.45, 2.75) is 19.5 Å². The number of nitrogens with zero attached hydrogens (tertiary/aromatic N) is 1. The summed E-state index contributed by atoms with van der Waals surface area (Å²) in [6, 6.07) is 7.22. The second-order valence-electron chi connectivity index (χ2n) is 5.58. The van der Waals surface area contributed by atoms with Gasteiger partial charge in [-0.05, 0) is 13.1 Å². The summed E-state index contributed by atoms with van der Waals surface area (Å²) in [6.45, 7) is 2.35. The van der Waals surface area contributed by atoms with Crippen LogP contribution >= 0.6 is 0 Å². The average Bonchev–Trinajstić information content (AvgIpc) is 2.72. The molecule has 0 spiro atoms. The molecule has 0 saturated carbocycles. The first kappa shape index (κ1) is 15.4. The van der Waals surface area contributed by atoms with E-state index in [1.807, 2.05) is 30.1 Å². The Balaban J connectivity index is 1.76. The molecule has 1 aliphatic heterocycles. The minimum absolute atomic E-state index is 0.400. The van der Waals surface area contributed by atoms with Gasteiger partial charge >= 0.3 is 5.69 Å². The molecule has 0 saturated heterocycles. The monoisotopic (exact) mass is 317 g/mol. The van der Waals surface area contributed by atoms with E-state index in [0.29, 0.717) is 32.0 Å². The van der Waals surface area contributed by atoms with Gasteiger partial charge in [-0.3, -0.25) is 14.7 Å². The summed E-state index contributed by atoms with van der Waals surface area (Å²) in [5.74, 6) is 1.54. The van der Waals surface area contributed by atoms with Gasteiger partial charge in [-0.1, -0.05) is 12.1 Å². The standard InChI is InChI=1S/C16H19N3O4/c1-19(10-12-8-14(20)18-16(21)17-12)9-11-4-2-5-13-15(11)23-7-3-6-22-13/h2,4-5,8H,3,6-7,9-10H2,1H3,(H2,17,18,20,21). The number of ether oxygens (including phenoxy) is 2. The van der Waals surface area contributed by atoms with Crippen LogP contribution in [0.3, 0.4) is 0 Å². The third-order valence-electron chi connectivity index (χ3n) is 3.55. The van der Waals surface area contributed by atoms with Gasteiger partial charge < -0.3 is 14.5 Å². The van der Waals surface area contributed by atoms with Crippen molar-refractivity contribution >= 4 is 0 Å². The van der Waals surface area contributed by atoms with Crippen LogP contribution in [0.4, 0.5) is 0 Å². The molecule has 1 aromatic heterocycles. The van der Waals surface area contributed by atoms with E-state index >= 15 is 0 Å². The summed E-state index contributed by atoms with van der Waals surface area (Å²) in [6.07, 6.45) is 0.859. The SMILES string of the molecule is CN(Cc1cc(=O)[nH]c(=O)[nH]1)Cc1cccc2c1OCCCO2. The van der Waals surface area contributed by atoms with Gasteiger partial charge in [-0.25, -0.2) is 4.79 Å². The van der Waals surface area contributed by atoms with Crippen LogP contribution in [0.15, 0.2) is 33.9 Å². The van der Waals surface area contributed by atoms with E-state index < -0.39 is 11.2 Å². The number of benzene rings is 1. The van der Waals surface area contributed by atoms with Gasteiger partial charge in [0.1, 0.15) is 0 Å². The molecule has 3 rings (SSSR count). The van der Waals surface area contributed by atoms with Crippen molar-refractivity contribution in [2.24, 2.45) is 0 Å². The maximum Gasteiger partial charge on any atom is 0.325 e. The molecule has 23 heavy (non-hydrogen) atoms. The van der Waals surface area contributed by atoms with E-state index in [1.165, 1.54) is 6.07 Å². The maximum absolute atomic E-state index is 11.4. The van der Waals surface area contributed by atoms with Gasteiger partial charge in [0.25, 0.3) is 5.56 Å². The predicted molar refractivity (Wildman–Crippen MR) is 84.9 cm³/mol. The van der Waals surface area contributed by atoms with Crippen molar-refractivity contribution in [3.63, 3.8) is 0 Å². The fourth-order valence-electron chi connectivity index (χ4n) is 2.62. The Kier molecular flexibility index (Phi) is 4.47. The fourth-order valence-corrected chi connectivity index (χ4v) is 2.62. The molecule has 2 heterocycles. The Hall–Kier alpha value is -2.54. The van der Waals surface area contributed by atoms with Crippen molar-refractivity contribution < 1.29 is 9.47 Å². The molecule has 0 radical (unpaired) electrons. The highest BCUT2D eigenvalue weighted by Crippen LogP contribution is 2.33. The Labute approximate surface area is 132 Å². The first-order valence-electron chi connectivity index (χ1n) is 7.50. The number of aromatic nitrogens is 2. The van der Waals surface area contributed by atoms with Crippen molar-refractivity contribution in [1.29, 1.82) is 0 Å². The van der Waals surface area contributed by atoms with E-state index in [0.717, 1.165) is 23.5 Å². The topological polar surface area (TPSA) is 87.4 Å². The first-order valence-corrected chi connectivity index (χ1v) is 7.50. The molecule has 2 N–H and O–H groups in total. The summed E-state index contributed by atoms with van der Waals surface area (Å²) in [4.78, 5) is 29.4.